The smallest absolute Gasteiger partial charge is 0.0461 e. The lowest BCUT2D eigenvalue weighted by Crippen LogP contribution is -2.46. The van der Waals surface area contributed by atoms with Gasteiger partial charge in [-0.15, -0.1) is 0 Å². The van der Waals surface area contributed by atoms with Gasteiger partial charge in [0.2, 0.25) is 0 Å². The standard InChI is InChI=1S/C14H22N2S/c1-10-4-5-12(8-11(10)2)14(15)13-9-17-7-6-16(13)3/h4-5,8,13-14H,6-7,9,15H2,1-3H3. The average molecular weight is 250 g/mol. The van der Waals surface area contributed by atoms with Gasteiger partial charge in [0, 0.05) is 30.1 Å². The van der Waals surface area contributed by atoms with Gasteiger partial charge in [0.25, 0.3) is 0 Å². The van der Waals surface area contributed by atoms with Crippen LogP contribution >= 0.6 is 11.8 Å². The van der Waals surface area contributed by atoms with Crippen LogP contribution in [0.1, 0.15) is 22.7 Å². The van der Waals surface area contributed by atoms with E-state index in [1.807, 2.05) is 11.8 Å². The SMILES string of the molecule is Cc1ccc(C(N)C2CSCCN2C)cc1C. The number of nitrogens with two attached hydrogens (primary N) is 1. The first-order valence-electron chi connectivity index (χ1n) is 6.20. The molecule has 1 heterocycles. The Kier molecular flexibility index (Phi) is 4.13. The predicted molar refractivity (Wildman–Crippen MR) is 76.6 cm³/mol. The highest BCUT2D eigenvalue weighted by atomic mass is 32.2. The first-order chi connectivity index (χ1) is 8.09. The quantitative estimate of drug-likeness (QED) is 0.873. The molecule has 0 bridgehead atoms. The molecule has 1 aliphatic rings. The summed E-state index contributed by atoms with van der Waals surface area (Å²) in [6.07, 6.45) is 0. The van der Waals surface area contributed by atoms with Crippen LogP contribution < -0.4 is 5.73 Å². The van der Waals surface area contributed by atoms with E-state index in [4.69, 9.17) is 5.73 Å². The molecule has 2 rings (SSSR count). The molecule has 0 saturated carbocycles. The van der Waals surface area contributed by atoms with E-state index in [-0.39, 0.29) is 6.04 Å². The van der Waals surface area contributed by atoms with Gasteiger partial charge in [-0.2, -0.15) is 11.8 Å². The molecule has 0 aliphatic carbocycles. The van der Waals surface area contributed by atoms with Gasteiger partial charge < -0.3 is 5.73 Å². The van der Waals surface area contributed by atoms with Gasteiger partial charge in [-0.3, -0.25) is 4.90 Å². The van der Waals surface area contributed by atoms with E-state index in [0.29, 0.717) is 6.04 Å². The molecule has 2 unspecified atom stereocenters. The lowest BCUT2D eigenvalue weighted by atomic mass is 9.96. The van der Waals surface area contributed by atoms with Crippen molar-refractivity contribution in [1.29, 1.82) is 0 Å². The van der Waals surface area contributed by atoms with Crippen molar-refractivity contribution in [2.75, 3.05) is 25.1 Å². The molecule has 1 aliphatic heterocycles. The first-order valence-corrected chi connectivity index (χ1v) is 7.36. The third kappa shape index (κ3) is 2.84. The molecule has 0 amide bonds. The Labute approximate surface area is 109 Å². The minimum absolute atomic E-state index is 0.132. The summed E-state index contributed by atoms with van der Waals surface area (Å²) in [6, 6.07) is 7.20. The summed E-state index contributed by atoms with van der Waals surface area (Å²) in [5.74, 6) is 2.37. The Morgan fingerprint density at radius 1 is 1.35 bits per heavy atom. The highest BCUT2D eigenvalue weighted by Gasteiger charge is 2.26. The molecule has 1 aromatic rings. The van der Waals surface area contributed by atoms with E-state index >= 15 is 0 Å². The minimum atomic E-state index is 0.132. The molecule has 2 atom stereocenters. The fourth-order valence-corrected chi connectivity index (χ4v) is 3.56. The molecule has 3 heteroatoms. The minimum Gasteiger partial charge on any atom is -0.323 e. The van der Waals surface area contributed by atoms with Crippen LogP contribution in [0.15, 0.2) is 18.2 Å². The average Bonchev–Trinajstić information content (AvgIpc) is 2.32. The fourth-order valence-electron chi connectivity index (χ4n) is 2.28. The molecular formula is C14H22N2S. The number of thioether (sulfide) groups is 1. The fraction of sp³-hybridized carbons (Fsp3) is 0.571. The summed E-state index contributed by atoms with van der Waals surface area (Å²) in [7, 11) is 2.19. The Morgan fingerprint density at radius 3 is 2.76 bits per heavy atom. The lowest BCUT2D eigenvalue weighted by molar-refractivity contribution is 0.237. The number of aryl methyl sites for hydroxylation is 2. The molecule has 1 fully saturated rings. The normalized spacial score (nSPS) is 23.6. The maximum Gasteiger partial charge on any atom is 0.0461 e. The molecule has 1 saturated heterocycles. The van der Waals surface area contributed by atoms with Gasteiger partial charge >= 0.3 is 0 Å². The number of nitrogens with zero attached hydrogens (tertiary/aromatic N) is 1. The van der Waals surface area contributed by atoms with Gasteiger partial charge in [-0.1, -0.05) is 18.2 Å². The van der Waals surface area contributed by atoms with Crippen LogP contribution in [-0.2, 0) is 0 Å². The number of benzene rings is 1. The third-order valence-electron chi connectivity index (χ3n) is 3.77. The molecule has 94 valence electrons. The first kappa shape index (κ1) is 12.9. The predicted octanol–water partition coefficient (Wildman–Crippen LogP) is 2.35. The van der Waals surface area contributed by atoms with Gasteiger partial charge in [0.1, 0.15) is 0 Å². The number of likely N-dealkylation sites (N-methyl/N-ethyl adjacent to an activating group) is 1. The van der Waals surface area contributed by atoms with E-state index in [1.54, 1.807) is 0 Å². The van der Waals surface area contributed by atoms with Crippen molar-refractivity contribution < 1.29 is 0 Å². The number of hydrogen-bond acceptors (Lipinski definition) is 3. The van der Waals surface area contributed by atoms with Crippen LogP contribution in [0.2, 0.25) is 0 Å². The van der Waals surface area contributed by atoms with Gasteiger partial charge in [0.15, 0.2) is 0 Å². The van der Waals surface area contributed by atoms with E-state index in [2.05, 4.69) is 44.0 Å². The summed E-state index contributed by atoms with van der Waals surface area (Å²) in [6.45, 7) is 5.45. The molecule has 1 aromatic carbocycles. The van der Waals surface area contributed by atoms with Gasteiger partial charge in [0.05, 0.1) is 0 Å². The summed E-state index contributed by atoms with van der Waals surface area (Å²) in [4.78, 5) is 2.40. The molecule has 0 aromatic heterocycles. The van der Waals surface area contributed by atoms with Crippen molar-refractivity contribution in [2.45, 2.75) is 25.9 Å². The molecule has 17 heavy (non-hydrogen) atoms. The van der Waals surface area contributed by atoms with Gasteiger partial charge in [-0.25, -0.2) is 0 Å². The molecule has 0 spiro atoms. The summed E-state index contributed by atoms with van der Waals surface area (Å²) >= 11 is 2.02. The van der Waals surface area contributed by atoms with Crippen LogP contribution in [0.25, 0.3) is 0 Å². The molecule has 0 radical (unpaired) electrons. The van der Waals surface area contributed by atoms with Crippen molar-refractivity contribution in [3.8, 4) is 0 Å². The second kappa shape index (κ2) is 5.42. The topological polar surface area (TPSA) is 29.3 Å². The van der Waals surface area contributed by atoms with Gasteiger partial charge in [-0.05, 0) is 37.6 Å². The highest BCUT2D eigenvalue weighted by Crippen LogP contribution is 2.26. The Hall–Kier alpha value is -0.510. The largest absolute Gasteiger partial charge is 0.323 e. The van der Waals surface area contributed by atoms with Crippen molar-refractivity contribution in [3.05, 3.63) is 34.9 Å². The Balaban J connectivity index is 2.17. The van der Waals surface area contributed by atoms with Crippen LogP contribution in [0.4, 0.5) is 0 Å². The maximum atomic E-state index is 6.42. The monoisotopic (exact) mass is 250 g/mol. The molecule has 2 N–H and O–H groups in total. The second-order valence-corrected chi connectivity index (χ2v) is 6.14. The lowest BCUT2D eigenvalue weighted by Gasteiger charge is -2.36. The van der Waals surface area contributed by atoms with E-state index in [0.717, 1.165) is 12.3 Å². The van der Waals surface area contributed by atoms with Crippen LogP contribution in [0, 0.1) is 13.8 Å². The van der Waals surface area contributed by atoms with Crippen LogP contribution in [0.3, 0.4) is 0 Å². The summed E-state index contributed by atoms with van der Waals surface area (Å²) in [5, 5.41) is 0. The number of rotatable bonds is 2. The van der Waals surface area contributed by atoms with Crippen molar-refractivity contribution >= 4 is 11.8 Å². The molecule has 2 nitrogen and oxygen atoms in total. The third-order valence-corrected chi connectivity index (χ3v) is 4.82. The zero-order chi connectivity index (χ0) is 12.4. The van der Waals surface area contributed by atoms with Crippen molar-refractivity contribution in [1.82, 2.24) is 4.90 Å². The maximum absolute atomic E-state index is 6.42. The van der Waals surface area contributed by atoms with E-state index < -0.39 is 0 Å². The highest BCUT2D eigenvalue weighted by molar-refractivity contribution is 7.99. The summed E-state index contributed by atoms with van der Waals surface area (Å²) < 4.78 is 0. The zero-order valence-corrected chi connectivity index (χ0v) is 11.8. The van der Waals surface area contributed by atoms with Crippen LogP contribution in [-0.4, -0.2) is 36.0 Å². The zero-order valence-electron chi connectivity index (χ0n) is 10.9. The van der Waals surface area contributed by atoms with Crippen LogP contribution in [0.5, 0.6) is 0 Å². The van der Waals surface area contributed by atoms with Crippen molar-refractivity contribution in [2.24, 2.45) is 5.73 Å². The van der Waals surface area contributed by atoms with Crippen molar-refractivity contribution in [3.63, 3.8) is 0 Å². The number of hydrogen-bond donors (Lipinski definition) is 1. The van der Waals surface area contributed by atoms with E-state index in [1.165, 1.54) is 22.4 Å². The Bertz CT molecular complexity index is 392. The Morgan fingerprint density at radius 2 is 2.12 bits per heavy atom. The summed E-state index contributed by atoms with van der Waals surface area (Å²) in [5.41, 5.74) is 10.4. The molecular weight excluding hydrogens is 228 g/mol. The second-order valence-electron chi connectivity index (χ2n) is 4.99. The van der Waals surface area contributed by atoms with E-state index in [9.17, 15) is 0 Å².